The van der Waals surface area contributed by atoms with Crippen molar-refractivity contribution in [3.63, 3.8) is 0 Å². The van der Waals surface area contributed by atoms with E-state index in [1.807, 2.05) is 42.5 Å². The van der Waals surface area contributed by atoms with Crippen LogP contribution in [0.4, 0.5) is 0 Å². The fourth-order valence-corrected chi connectivity index (χ4v) is 3.89. The molecule has 1 amide bonds. The highest BCUT2D eigenvalue weighted by Crippen LogP contribution is 2.36. The van der Waals surface area contributed by atoms with Gasteiger partial charge >= 0.3 is 11.9 Å². The average molecular weight is 436 g/mol. The largest absolute Gasteiger partial charge is 0.468 e. The molecule has 1 unspecified atom stereocenters. The molecule has 0 aliphatic carbocycles. The van der Waals surface area contributed by atoms with Crippen molar-refractivity contribution in [2.45, 2.75) is 5.25 Å². The van der Waals surface area contributed by atoms with E-state index in [4.69, 9.17) is 11.6 Å². The van der Waals surface area contributed by atoms with Crippen LogP contribution in [0.3, 0.4) is 0 Å². The number of hydrogen-bond donors (Lipinski definition) is 0. The van der Waals surface area contributed by atoms with Gasteiger partial charge in [-0.05, 0) is 23.3 Å². The molecule has 1 atom stereocenters. The van der Waals surface area contributed by atoms with Gasteiger partial charge in [0.1, 0.15) is 13.1 Å². The Morgan fingerprint density at radius 1 is 0.897 bits per heavy atom. The van der Waals surface area contributed by atoms with Gasteiger partial charge in [-0.25, -0.2) is 0 Å². The maximum absolute atomic E-state index is 12.7. The van der Waals surface area contributed by atoms with Gasteiger partial charge in [-0.3, -0.25) is 14.4 Å². The van der Waals surface area contributed by atoms with Crippen LogP contribution in [0.1, 0.15) is 16.4 Å². The highest BCUT2D eigenvalue weighted by atomic mass is 35.5. The van der Waals surface area contributed by atoms with Gasteiger partial charge in [0.25, 0.3) is 0 Å². The van der Waals surface area contributed by atoms with E-state index in [9.17, 15) is 14.4 Å². The van der Waals surface area contributed by atoms with Gasteiger partial charge in [0, 0.05) is 5.02 Å². The van der Waals surface area contributed by atoms with E-state index >= 15 is 0 Å². The summed E-state index contributed by atoms with van der Waals surface area (Å²) in [7, 11) is 2.45. The number of amides is 1. The van der Waals surface area contributed by atoms with Crippen molar-refractivity contribution < 1.29 is 23.9 Å². The molecule has 0 aliphatic rings. The van der Waals surface area contributed by atoms with Crippen molar-refractivity contribution in [3.8, 4) is 0 Å². The van der Waals surface area contributed by atoms with Crippen LogP contribution in [0, 0.1) is 0 Å². The third kappa shape index (κ3) is 7.11. The molecule has 0 saturated heterocycles. The first-order valence-electron chi connectivity index (χ1n) is 8.78. The predicted molar refractivity (Wildman–Crippen MR) is 113 cm³/mol. The number of ether oxygens (including phenoxy) is 2. The average Bonchev–Trinajstić information content (AvgIpc) is 2.74. The van der Waals surface area contributed by atoms with Crippen LogP contribution >= 0.6 is 23.4 Å². The molecule has 2 aromatic carbocycles. The van der Waals surface area contributed by atoms with E-state index in [0.29, 0.717) is 5.02 Å². The third-order valence-electron chi connectivity index (χ3n) is 4.10. The van der Waals surface area contributed by atoms with E-state index in [2.05, 4.69) is 9.47 Å². The summed E-state index contributed by atoms with van der Waals surface area (Å²) >= 11 is 7.40. The third-order valence-corrected chi connectivity index (χ3v) is 5.64. The Balaban J connectivity index is 2.17. The van der Waals surface area contributed by atoms with Crippen LogP contribution in [-0.4, -0.2) is 55.8 Å². The molecular weight excluding hydrogens is 414 g/mol. The minimum absolute atomic E-state index is 0.0657. The van der Waals surface area contributed by atoms with Gasteiger partial charge < -0.3 is 14.4 Å². The molecule has 154 valence electrons. The van der Waals surface area contributed by atoms with E-state index < -0.39 is 11.9 Å². The SMILES string of the molecule is COC(=O)CN(CC(=O)OC)C(=O)CSC(c1ccccc1)c1ccc(Cl)cc1. The quantitative estimate of drug-likeness (QED) is 0.562. The normalized spacial score (nSPS) is 11.4. The standard InChI is InChI=1S/C21H22ClNO5S/c1-27-19(25)12-23(13-20(26)28-2)18(24)14-29-21(15-6-4-3-5-7-15)16-8-10-17(22)11-9-16/h3-11,21H,12-14H2,1-2H3. The fraction of sp³-hybridized carbons (Fsp3) is 0.286. The molecule has 0 bridgehead atoms. The van der Waals surface area contributed by atoms with Crippen molar-refractivity contribution in [2.75, 3.05) is 33.1 Å². The van der Waals surface area contributed by atoms with Gasteiger partial charge in [0.05, 0.1) is 25.2 Å². The molecule has 2 aromatic rings. The van der Waals surface area contributed by atoms with Crippen LogP contribution in [-0.2, 0) is 23.9 Å². The van der Waals surface area contributed by atoms with E-state index in [0.717, 1.165) is 16.0 Å². The zero-order valence-corrected chi connectivity index (χ0v) is 17.7. The Labute approximate surface area is 179 Å². The summed E-state index contributed by atoms with van der Waals surface area (Å²) in [6.45, 7) is -0.635. The topological polar surface area (TPSA) is 72.9 Å². The Morgan fingerprint density at radius 3 is 1.93 bits per heavy atom. The minimum Gasteiger partial charge on any atom is -0.468 e. The second-order valence-corrected chi connectivity index (χ2v) is 7.59. The number of methoxy groups -OCH3 is 2. The van der Waals surface area contributed by atoms with Crippen molar-refractivity contribution >= 4 is 41.2 Å². The number of carbonyl (C=O) groups excluding carboxylic acids is 3. The van der Waals surface area contributed by atoms with Gasteiger partial charge in [0.2, 0.25) is 5.91 Å². The van der Waals surface area contributed by atoms with Crippen LogP contribution in [0.15, 0.2) is 54.6 Å². The summed E-state index contributed by atoms with van der Waals surface area (Å²) < 4.78 is 9.23. The lowest BCUT2D eigenvalue weighted by Crippen LogP contribution is -2.41. The number of hydrogen-bond acceptors (Lipinski definition) is 6. The first-order valence-corrected chi connectivity index (χ1v) is 10.2. The maximum atomic E-state index is 12.7. The summed E-state index contributed by atoms with van der Waals surface area (Å²) in [5, 5.41) is 0.513. The van der Waals surface area contributed by atoms with Gasteiger partial charge in [-0.2, -0.15) is 0 Å². The van der Waals surface area contributed by atoms with Crippen LogP contribution in [0.5, 0.6) is 0 Å². The van der Waals surface area contributed by atoms with Crippen molar-refractivity contribution in [2.24, 2.45) is 0 Å². The molecule has 0 fully saturated rings. The summed E-state index contributed by atoms with van der Waals surface area (Å²) in [5.41, 5.74) is 2.02. The van der Waals surface area contributed by atoms with E-state index in [1.54, 1.807) is 12.1 Å². The number of thioether (sulfide) groups is 1. The van der Waals surface area contributed by atoms with Crippen molar-refractivity contribution in [3.05, 3.63) is 70.7 Å². The smallest absolute Gasteiger partial charge is 0.325 e. The number of esters is 2. The lowest BCUT2D eigenvalue weighted by molar-refractivity contribution is -0.151. The second-order valence-electron chi connectivity index (χ2n) is 6.06. The van der Waals surface area contributed by atoms with Gasteiger partial charge in [-0.1, -0.05) is 54.1 Å². The highest BCUT2D eigenvalue weighted by molar-refractivity contribution is 8.00. The fourth-order valence-electron chi connectivity index (χ4n) is 2.57. The molecule has 0 aliphatic heterocycles. The Hall–Kier alpha value is -2.51. The summed E-state index contributed by atoms with van der Waals surface area (Å²) in [6, 6.07) is 17.2. The molecule has 0 spiro atoms. The number of carbonyl (C=O) groups is 3. The molecule has 0 N–H and O–H groups in total. The Morgan fingerprint density at radius 2 is 1.41 bits per heavy atom. The van der Waals surface area contributed by atoms with E-state index in [-0.39, 0.29) is 30.0 Å². The zero-order chi connectivity index (χ0) is 21.2. The monoisotopic (exact) mass is 435 g/mol. The van der Waals surface area contributed by atoms with Crippen molar-refractivity contribution in [1.82, 2.24) is 4.90 Å². The first kappa shape index (κ1) is 22.8. The molecule has 8 heteroatoms. The molecular formula is C21H22ClNO5S. The molecule has 0 heterocycles. The lowest BCUT2D eigenvalue weighted by Gasteiger charge is -2.22. The summed E-state index contributed by atoms with van der Waals surface area (Å²) in [6.07, 6.45) is 0. The molecule has 2 rings (SSSR count). The van der Waals surface area contributed by atoms with Gasteiger partial charge in [0.15, 0.2) is 0 Å². The minimum atomic E-state index is -0.607. The maximum Gasteiger partial charge on any atom is 0.325 e. The number of halogens is 1. The first-order chi connectivity index (χ1) is 13.9. The second kappa shape index (κ2) is 11.5. The zero-order valence-electron chi connectivity index (χ0n) is 16.2. The number of nitrogens with zero attached hydrogens (tertiary/aromatic N) is 1. The summed E-state index contributed by atoms with van der Waals surface area (Å²) in [5.74, 6) is -1.51. The number of rotatable bonds is 9. The molecule has 29 heavy (non-hydrogen) atoms. The molecule has 6 nitrogen and oxygen atoms in total. The Bertz CT molecular complexity index is 811. The van der Waals surface area contributed by atoms with Crippen molar-refractivity contribution in [1.29, 1.82) is 0 Å². The van der Waals surface area contributed by atoms with E-state index in [1.165, 1.54) is 26.0 Å². The van der Waals surface area contributed by atoms with Crippen LogP contribution in [0.2, 0.25) is 5.02 Å². The molecule has 0 aromatic heterocycles. The number of benzene rings is 2. The highest BCUT2D eigenvalue weighted by Gasteiger charge is 2.23. The van der Waals surface area contributed by atoms with Gasteiger partial charge in [-0.15, -0.1) is 11.8 Å². The lowest BCUT2D eigenvalue weighted by atomic mass is 10.0. The predicted octanol–water partition coefficient (Wildman–Crippen LogP) is 3.34. The molecule has 0 saturated carbocycles. The van der Waals surface area contributed by atoms with Crippen LogP contribution < -0.4 is 0 Å². The molecule has 0 radical (unpaired) electrons. The van der Waals surface area contributed by atoms with Crippen LogP contribution in [0.25, 0.3) is 0 Å². The Kier molecular flexibility index (Phi) is 9.02. The summed E-state index contributed by atoms with van der Waals surface area (Å²) in [4.78, 5) is 37.1.